The Bertz CT molecular complexity index is 1000. The molecule has 37 heavy (non-hydrogen) atoms. The number of nitrogens with zero attached hydrogens (tertiary/aromatic N) is 2. The van der Waals surface area contributed by atoms with Crippen molar-refractivity contribution in [2.75, 3.05) is 32.2 Å². The molecule has 0 aliphatic heterocycles. The van der Waals surface area contributed by atoms with Crippen LogP contribution >= 0.6 is 0 Å². The molecule has 0 radical (unpaired) electrons. The van der Waals surface area contributed by atoms with Crippen molar-refractivity contribution in [1.82, 2.24) is 4.98 Å². The summed E-state index contributed by atoms with van der Waals surface area (Å²) in [5.41, 5.74) is -8.97. The SMILES string of the molecule is CCOC(=O)C(O)(CCCOCC(C)(C)Nc1nc(C(=O)OC)c([N+](=O)[O-])cc1C(F)(F)F)C(F)(F)F. The Morgan fingerprint density at radius 3 is 2.24 bits per heavy atom. The zero-order chi connectivity index (χ0) is 28.8. The molecule has 210 valence electrons. The number of hydrogen-bond donors (Lipinski definition) is 2. The number of halogens is 6. The van der Waals surface area contributed by atoms with Gasteiger partial charge in [0.05, 0.1) is 30.8 Å². The number of hydrogen-bond acceptors (Lipinski definition) is 10. The first-order valence-electron chi connectivity index (χ1n) is 10.5. The van der Waals surface area contributed by atoms with Gasteiger partial charge in [-0.15, -0.1) is 0 Å². The van der Waals surface area contributed by atoms with Crippen molar-refractivity contribution in [2.45, 2.75) is 57.1 Å². The van der Waals surface area contributed by atoms with Gasteiger partial charge in [-0.25, -0.2) is 14.6 Å². The molecule has 1 rings (SSSR count). The number of anilines is 1. The Kier molecular flexibility index (Phi) is 10.2. The van der Waals surface area contributed by atoms with Crippen molar-refractivity contribution < 1.29 is 60.2 Å². The van der Waals surface area contributed by atoms with Gasteiger partial charge in [0.2, 0.25) is 5.69 Å². The van der Waals surface area contributed by atoms with Crippen LogP contribution in [-0.4, -0.2) is 71.2 Å². The highest BCUT2D eigenvalue weighted by Crippen LogP contribution is 2.38. The third kappa shape index (κ3) is 8.14. The summed E-state index contributed by atoms with van der Waals surface area (Å²) >= 11 is 0. The number of esters is 2. The molecule has 0 saturated carbocycles. The fraction of sp³-hybridized carbons (Fsp3) is 0.650. The lowest BCUT2D eigenvalue weighted by molar-refractivity contribution is -0.385. The average molecular weight is 549 g/mol. The lowest BCUT2D eigenvalue weighted by atomic mass is 9.97. The van der Waals surface area contributed by atoms with Crippen LogP contribution < -0.4 is 5.32 Å². The minimum atomic E-state index is -5.33. The molecular formula is C20H25F6N3O8. The van der Waals surface area contributed by atoms with Crippen molar-refractivity contribution in [3.8, 4) is 0 Å². The lowest BCUT2D eigenvalue weighted by Gasteiger charge is -2.29. The fourth-order valence-electron chi connectivity index (χ4n) is 2.92. The standard InChI is InChI=1S/C20H25F6N3O8/c1-5-37-16(31)18(32,20(24,25)26)7-6-8-36-10-17(2,3)28-14-11(19(21,22)23)9-12(29(33)34)13(27-14)15(30)35-4/h9,32H,5-8,10H2,1-4H3,(H,27,28). The van der Waals surface area contributed by atoms with Crippen molar-refractivity contribution in [1.29, 1.82) is 0 Å². The fourth-order valence-corrected chi connectivity index (χ4v) is 2.92. The van der Waals surface area contributed by atoms with Gasteiger partial charge in [-0.2, -0.15) is 26.3 Å². The lowest BCUT2D eigenvalue weighted by Crippen LogP contribution is -2.53. The summed E-state index contributed by atoms with van der Waals surface area (Å²) < 4.78 is 94.0. The quantitative estimate of drug-likeness (QED) is 0.130. The number of pyridine rings is 1. The highest BCUT2D eigenvalue weighted by molar-refractivity contribution is 5.92. The minimum Gasteiger partial charge on any atom is -0.464 e. The van der Waals surface area contributed by atoms with E-state index in [0.29, 0.717) is 0 Å². The number of aliphatic hydroxyl groups is 1. The van der Waals surface area contributed by atoms with Crippen LogP contribution in [0.1, 0.15) is 49.7 Å². The Morgan fingerprint density at radius 1 is 1.19 bits per heavy atom. The zero-order valence-corrected chi connectivity index (χ0v) is 20.1. The molecule has 2 N–H and O–H groups in total. The number of methoxy groups -OCH3 is 1. The molecular weight excluding hydrogens is 524 g/mol. The first-order chi connectivity index (χ1) is 16.8. The van der Waals surface area contributed by atoms with Gasteiger partial charge in [-0.1, -0.05) is 0 Å². The van der Waals surface area contributed by atoms with Gasteiger partial charge < -0.3 is 24.6 Å². The minimum absolute atomic E-state index is 0.117. The van der Waals surface area contributed by atoms with Gasteiger partial charge in [0, 0.05) is 12.7 Å². The molecule has 1 heterocycles. The molecule has 0 fully saturated rings. The number of alkyl halides is 6. The first kappa shape index (κ1) is 31.8. The smallest absolute Gasteiger partial charge is 0.428 e. The van der Waals surface area contributed by atoms with E-state index in [0.717, 1.165) is 7.11 Å². The van der Waals surface area contributed by atoms with E-state index in [1.54, 1.807) is 0 Å². The topological polar surface area (TPSA) is 150 Å². The number of aromatic nitrogens is 1. The number of nitrogens with one attached hydrogen (secondary N) is 1. The number of ether oxygens (including phenoxy) is 3. The van der Waals surface area contributed by atoms with Gasteiger partial charge in [-0.05, 0) is 33.6 Å². The zero-order valence-electron chi connectivity index (χ0n) is 20.1. The van der Waals surface area contributed by atoms with Gasteiger partial charge >= 0.3 is 30.0 Å². The predicted octanol–water partition coefficient (Wildman–Crippen LogP) is 3.64. The van der Waals surface area contributed by atoms with Crippen molar-refractivity contribution in [3.05, 3.63) is 27.4 Å². The van der Waals surface area contributed by atoms with Gasteiger partial charge in [0.15, 0.2) is 0 Å². The molecule has 1 aromatic rings. The maximum Gasteiger partial charge on any atom is 0.428 e. The molecule has 17 heteroatoms. The molecule has 0 spiro atoms. The predicted molar refractivity (Wildman–Crippen MR) is 113 cm³/mol. The molecule has 1 aromatic heterocycles. The molecule has 0 aliphatic carbocycles. The van der Waals surface area contributed by atoms with E-state index in [1.807, 2.05) is 0 Å². The number of carbonyl (C=O) groups is 2. The van der Waals surface area contributed by atoms with Crippen LogP contribution in [-0.2, 0) is 25.2 Å². The highest BCUT2D eigenvalue weighted by Gasteiger charge is 2.60. The molecule has 0 aliphatic rings. The van der Waals surface area contributed by atoms with Gasteiger partial charge in [0.1, 0.15) is 11.4 Å². The summed E-state index contributed by atoms with van der Waals surface area (Å²) in [5, 5.41) is 23.3. The van der Waals surface area contributed by atoms with E-state index in [4.69, 9.17) is 4.74 Å². The second-order valence-corrected chi connectivity index (χ2v) is 8.24. The maximum atomic E-state index is 13.6. The highest BCUT2D eigenvalue weighted by atomic mass is 19.4. The molecule has 11 nitrogen and oxygen atoms in total. The normalized spacial score (nSPS) is 14.0. The van der Waals surface area contributed by atoms with Crippen molar-refractivity contribution in [2.24, 2.45) is 0 Å². The van der Waals surface area contributed by atoms with Gasteiger partial charge in [-0.3, -0.25) is 10.1 Å². The summed E-state index contributed by atoms with van der Waals surface area (Å²) in [5.74, 6) is -4.20. The largest absolute Gasteiger partial charge is 0.464 e. The van der Waals surface area contributed by atoms with Crippen LogP contribution in [0.15, 0.2) is 6.07 Å². The first-order valence-corrected chi connectivity index (χ1v) is 10.5. The molecule has 0 amide bonds. The van der Waals surface area contributed by atoms with Crippen LogP contribution in [0.25, 0.3) is 0 Å². The summed E-state index contributed by atoms with van der Waals surface area (Å²) in [6, 6.07) is 0.117. The monoisotopic (exact) mass is 549 g/mol. The summed E-state index contributed by atoms with van der Waals surface area (Å²) in [7, 11) is 0.845. The van der Waals surface area contributed by atoms with E-state index < -0.39 is 95.8 Å². The van der Waals surface area contributed by atoms with Crippen LogP contribution in [0.2, 0.25) is 0 Å². The molecule has 1 atom stereocenters. The maximum absolute atomic E-state index is 13.6. The summed E-state index contributed by atoms with van der Waals surface area (Å²) in [6.45, 7) is 2.61. The average Bonchev–Trinajstić information content (AvgIpc) is 2.75. The molecule has 0 bridgehead atoms. The number of carbonyl (C=O) groups excluding carboxylic acids is 2. The van der Waals surface area contributed by atoms with E-state index >= 15 is 0 Å². The van der Waals surface area contributed by atoms with E-state index in [-0.39, 0.29) is 6.07 Å². The van der Waals surface area contributed by atoms with Gasteiger partial charge in [0.25, 0.3) is 5.60 Å². The second kappa shape index (κ2) is 11.9. The Hall–Kier alpha value is -3.21. The summed E-state index contributed by atoms with van der Waals surface area (Å²) in [6.07, 6.45) is -12.0. The Balaban J connectivity index is 3.03. The van der Waals surface area contributed by atoms with Crippen LogP contribution in [0.4, 0.5) is 37.8 Å². The van der Waals surface area contributed by atoms with Crippen LogP contribution in [0, 0.1) is 10.1 Å². The number of nitro groups is 1. The molecule has 0 saturated heterocycles. The Morgan fingerprint density at radius 2 is 1.78 bits per heavy atom. The van der Waals surface area contributed by atoms with Crippen molar-refractivity contribution in [3.63, 3.8) is 0 Å². The third-order valence-electron chi connectivity index (χ3n) is 4.71. The van der Waals surface area contributed by atoms with Crippen LogP contribution in [0.5, 0.6) is 0 Å². The summed E-state index contributed by atoms with van der Waals surface area (Å²) in [4.78, 5) is 36.8. The van der Waals surface area contributed by atoms with E-state index in [1.165, 1.54) is 20.8 Å². The Labute approximate surface area is 206 Å². The molecule has 1 unspecified atom stereocenters. The number of rotatable bonds is 12. The second-order valence-electron chi connectivity index (χ2n) is 8.24. The van der Waals surface area contributed by atoms with Crippen molar-refractivity contribution >= 4 is 23.4 Å². The van der Waals surface area contributed by atoms with Crippen LogP contribution in [0.3, 0.4) is 0 Å². The van der Waals surface area contributed by atoms with E-state index in [9.17, 15) is 51.2 Å². The molecule has 0 aromatic carbocycles. The van der Waals surface area contributed by atoms with E-state index in [2.05, 4.69) is 19.8 Å². The third-order valence-corrected chi connectivity index (χ3v) is 4.71.